The zero-order valence-electron chi connectivity index (χ0n) is 11.1. The maximum atomic E-state index is 9.46. The zero-order valence-corrected chi connectivity index (χ0v) is 12.7. The first-order valence-electron chi connectivity index (χ1n) is 6.46. The van der Waals surface area contributed by atoms with Crippen LogP contribution in [-0.4, -0.2) is 14.7 Å². The molecule has 3 nitrogen and oxygen atoms in total. The van der Waals surface area contributed by atoms with Crippen LogP contribution in [0.4, 0.5) is 0 Å². The predicted molar refractivity (Wildman–Crippen MR) is 83.4 cm³/mol. The number of halogens is 1. The van der Waals surface area contributed by atoms with Gasteiger partial charge in [-0.05, 0) is 19.1 Å². The van der Waals surface area contributed by atoms with E-state index in [0.717, 1.165) is 40.1 Å². The Kier molecular flexibility index (Phi) is 3.78. The highest BCUT2D eigenvalue weighted by molar-refractivity contribution is 7.09. The van der Waals surface area contributed by atoms with Gasteiger partial charge in [-0.15, -0.1) is 11.3 Å². The average Bonchev–Trinajstić information content (AvgIpc) is 3.00. The second-order valence-electron chi connectivity index (χ2n) is 4.78. The molecule has 0 radical (unpaired) electrons. The molecule has 0 saturated heterocycles. The predicted octanol–water partition coefficient (Wildman–Crippen LogP) is 3.79. The van der Waals surface area contributed by atoms with E-state index in [9.17, 15) is 5.11 Å². The van der Waals surface area contributed by atoms with E-state index in [1.165, 1.54) is 4.88 Å². The number of aryl methyl sites for hydroxylation is 3. The third-order valence-electron chi connectivity index (χ3n) is 3.52. The van der Waals surface area contributed by atoms with Gasteiger partial charge in [0.15, 0.2) is 0 Å². The number of nitrogens with zero attached hydrogens (tertiary/aromatic N) is 2. The summed E-state index contributed by atoms with van der Waals surface area (Å²) >= 11 is 7.77. The van der Waals surface area contributed by atoms with Gasteiger partial charge in [0.2, 0.25) is 0 Å². The quantitative estimate of drug-likeness (QED) is 0.796. The van der Waals surface area contributed by atoms with E-state index in [1.807, 2.05) is 36.8 Å². The number of benzene rings is 1. The van der Waals surface area contributed by atoms with Gasteiger partial charge in [0, 0.05) is 45.5 Å². The molecule has 3 rings (SSSR count). The first-order valence-corrected chi connectivity index (χ1v) is 7.72. The second-order valence-corrected chi connectivity index (χ2v) is 6.15. The molecule has 0 saturated carbocycles. The van der Waals surface area contributed by atoms with Crippen LogP contribution in [0.2, 0.25) is 5.02 Å². The van der Waals surface area contributed by atoms with E-state index in [1.54, 1.807) is 11.3 Å². The summed E-state index contributed by atoms with van der Waals surface area (Å²) in [6, 6.07) is 5.79. The maximum Gasteiger partial charge on any atom is 0.0797 e. The van der Waals surface area contributed by atoms with Crippen molar-refractivity contribution in [3.8, 4) is 0 Å². The lowest BCUT2D eigenvalue weighted by atomic mass is 10.2. The van der Waals surface area contributed by atoms with Crippen molar-refractivity contribution in [1.29, 1.82) is 0 Å². The summed E-state index contributed by atoms with van der Waals surface area (Å²) in [4.78, 5) is 5.58. The van der Waals surface area contributed by atoms with Crippen LogP contribution in [0.25, 0.3) is 10.9 Å². The van der Waals surface area contributed by atoms with Gasteiger partial charge in [0.05, 0.1) is 17.8 Å². The van der Waals surface area contributed by atoms with Crippen molar-refractivity contribution in [1.82, 2.24) is 9.55 Å². The SMILES string of the molecule is Cc1ncsc1CCn1cc(CO)c2ccc(Cl)cc21. The summed E-state index contributed by atoms with van der Waals surface area (Å²) in [5.41, 5.74) is 5.00. The average molecular weight is 307 g/mol. The number of aromatic nitrogens is 2. The molecule has 2 aromatic heterocycles. The zero-order chi connectivity index (χ0) is 14.1. The van der Waals surface area contributed by atoms with Crippen LogP contribution in [0, 0.1) is 6.92 Å². The molecule has 1 aromatic carbocycles. The number of aliphatic hydroxyl groups excluding tert-OH is 1. The Morgan fingerprint density at radius 2 is 2.25 bits per heavy atom. The molecule has 0 fully saturated rings. The lowest BCUT2D eigenvalue weighted by Crippen LogP contribution is -1.99. The lowest BCUT2D eigenvalue weighted by Gasteiger charge is -2.05. The van der Waals surface area contributed by atoms with E-state index in [0.29, 0.717) is 0 Å². The summed E-state index contributed by atoms with van der Waals surface area (Å²) in [6.07, 6.45) is 2.95. The number of fused-ring (bicyclic) bond motifs is 1. The topological polar surface area (TPSA) is 38.0 Å². The van der Waals surface area contributed by atoms with Crippen molar-refractivity contribution < 1.29 is 5.11 Å². The lowest BCUT2D eigenvalue weighted by molar-refractivity contribution is 0.283. The van der Waals surface area contributed by atoms with Gasteiger partial charge in [0.1, 0.15) is 0 Å². The Bertz CT molecular complexity index is 747. The van der Waals surface area contributed by atoms with Crippen LogP contribution in [0.15, 0.2) is 29.9 Å². The van der Waals surface area contributed by atoms with Crippen LogP contribution in [-0.2, 0) is 19.6 Å². The van der Waals surface area contributed by atoms with Crippen LogP contribution in [0.3, 0.4) is 0 Å². The van der Waals surface area contributed by atoms with Crippen LogP contribution >= 0.6 is 22.9 Å². The Hall–Kier alpha value is -1.36. The molecule has 2 heterocycles. The largest absolute Gasteiger partial charge is 0.392 e. The third-order valence-corrected chi connectivity index (χ3v) is 4.75. The molecular weight excluding hydrogens is 292 g/mol. The van der Waals surface area contributed by atoms with E-state index in [4.69, 9.17) is 11.6 Å². The van der Waals surface area contributed by atoms with Gasteiger partial charge in [-0.2, -0.15) is 0 Å². The number of thiazole rings is 1. The minimum atomic E-state index is 0.0463. The molecule has 0 bridgehead atoms. The van der Waals surface area contributed by atoms with Crippen molar-refractivity contribution in [2.45, 2.75) is 26.5 Å². The van der Waals surface area contributed by atoms with Gasteiger partial charge >= 0.3 is 0 Å². The van der Waals surface area contributed by atoms with E-state index >= 15 is 0 Å². The minimum absolute atomic E-state index is 0.0463. The maximum absolute atomic E-state index is 9.46. The van der Waals surface area contributed by atoms with E-state index < -0.39 is 0 Å². The Balaban J connectivity index is 1.94. The van der Waals surface area contributed by atoms with Gasteiger partial charge in [-0.1, -0.05) is 17.7 Å². The fourth-order valence-corrected chi connectivity index (χ4v) is 3.38. The smallest absolute Gasteiger partial charge is 0.0797 e. The van der Waals surface area contributed by atoms with Crippen molar-refractivity contribution in [3.63, 3.8) is 0 Å². The molecule has 0 aliphatic heterocycles. The summed E-state index contributed by atoms with van der Waals surface area (Å²) in [6.45, 7) is 2.94. The molecule has 0 aliphatic carbocycles. The second kappa shape index (κ2) is 5.56. The first kappa shape index (κ1) is 13.6. The van der Waals surface area contributed by atoms with Crippen molar-refractivity contribution in [2.24, 2.45) is 0 Å². The number of hydrogen-bond donors (Lipinski definition) is 1. The molecule has 5 heteroatoms. The summed E-state index contributed by atoms with van der Waals surface area (Å²) in [7, 11) is 0. The highest BCUT2D eigenvalue weighted by atomic mass is 35.5. The van der Waals surface area contributed by atoms with Crippen molar-refractivity contribution >= 4 is 33.8 Å². The summed E-state index contributed by atoms with van der Waals surface area (Å²) in [5.74, 6) is 0. The Morgan fingerprint density at radius 1 is 1.40 bits per heavy atom. The van der Waals surface area contributed by atoms with E-state index in [2.05, 4.69) is 9.55 Å². The fourth-order valence-electron chi connectivity index (χ4n) is 2.44. The first-order chi connectivity index (χ1) is 9.69. The standard InChI is InChI=1S/C15H15ClN2OS/c1-10-15(20-9-17-10)4-5-18-7-11(8-19)13-3-2-12(16)6-14(13)18/h2-3,6-7,9,19H,4-5,8H2,1H3. The van der Waals surface area contributed by atoms with Crippen molar-refractivity contribution in [2.75, 3.05) is 0 Å². The molecule has 1 N–H and O–H groups in total. The van der Waals surface area contributed by atoms with E-state index in [-0.39, 0.29) is 6.61 Å². The number of hydrogen-bond acceptors (Lipinski definition) is 3. The molecule has 20 heavy (non-hydrogen) atoms. The van der Waals surface area contributed by atoms with Gasteiger partial charge in [0.25, 0.3) is 0 Å². The molecular formula is C15H15ClN2OS. The van der Waals surface area contributed by atoms with Gasteiger partial charge < -0.3 is 9.67 Å². The van der Waals surface area contributed by atoms with Crippen LogP contribution < -0.4 is 0 Å². The van der Waals surface area contributed by atoms with Crippen molar-refractivity contribution in [3.05, 3.63) is 51.1 Å². The Labute approximate surface area is 126 Å². The minimum Gasteiger partial charge on any atom is -0.392 e. The monoisotopic (exact) mass is 306 g/mol. The molecule has 0 atom stereocenters. The number of rotatable bonds is 4. The Morgan fingerprint density at radius 3 is 2.95 bits per heavy atom. The molecule has 3 aromatic rings. The molecule has 0 spiro atoms. The summed E-state index contributed by atoms with van der Waals surface area (Å²) in [5, 5.41) is 11.2. The highest BCUT2D eigenvalue weighted by Crippen LogP contribution is 2.25. The fraction of sp³-hybridized carbons (Fsp3) is 0.267. The molecule has 0 amide bonds. The molecule has 0 aliphatic rings. The molecule has 104 valence electrons. The van der Waals surface area contributed by atoms with Gasteiger partial charge in [-0.25, -0.2) is 4.98 Å². The van der Waals surface area contributed by atoms with Crippen LogP contribution in [0.5, 0.6) is 0 Å². The summed E-state index contributed by atoms with van der Waals surface area (Å²) < 4.78 is 2.16. The normalized spacial score (nSPS) is 11.3. The third kappa shape index (κ3) is 2.46. The van der Waals surface area contributed by atoms with Gasteiger partial charge in [-0.3, -0.25) is 0 Å². The highest BCUT2D eigenvalue weighted by Gasteiger charge is 2.09. The van der Waals surface area contributed by atoms with Crippen LogP contribution in [0.1, 0.15) is 16.1 Å². The number of aliphatic hydroxyl groups is 1. The molecule has 0 unspecified atom stereocenters.